The van der Waals surface area contributed by atoms with Crippen LogP contribution in [-0.4, -0.2) is 24.4 Å². The molecule has 1 unspecified atom stereocenters. The standard InChI is InChI=1S/C8H8INO4S.Na.H2O.H/c9-7(8(10)11)5-1-3-6(4-2-5)15(12,13)14;;;/h1-4,7H,(H2,10,11)(H,12,13,14);;1H2;/q;+1;;-1. The number of carbonyl (C=O) groups excluding carboxylic acids is 1. The van der Waals surface area contributed by atoms with Gasteiger partial charge in [-0.15, -0.1) is 0 Å². The monoisotopic (exact) mass is 383 g/mol. The van der Waals surface area contributed by atoms with Crippen LogP contribution >= 0.6 is 22.6 Å². The minimum Gasteiger partial charge on any atom is -1.00 e. The van der Waals surface area contributed by atoms with Gasteiger partial charge in [0.1, 0.15) is 3.92 Å². The number of hydrogen-bond donors (Lipinski definition) is 2. The van der Waals surface area contributed by atoms with Crippen LogP contribution < -0.4 is 35.3 Å². The van der Waals surface area contributed by atoms with Gasteiger partial charge in [0, 0.05) is 0 Å². The first-order chi connectivity index (χ1) is 6.82. The molecular formula is C8H11INNaO5S. The van der Waals surface area contributed by atoms with Crippen LogP contribution in [0.3, 0.4) is 0 Å². The molecule has 17 heavy (non-hydrogen) atoms. The maximum absolute atomic E-state index is 10.8. The topological polar surface area (TPSA) is 129 Å². The fourth-order valence-electron chi connectivity index (χ4n) is 0.973. The molecule has 0 fully saturated rings. The fourth-order valence-corrected chi connectivity index (χ4v) is 1.87. The van der Waals surface area contributed by atoms with Crippen molar-refractivity contribution in [2.24, 2.45) is 5.73 Å². The molecule has 0 radical (unpaired) electrons. The predicted octanol–water partition coefficient (Wildman–Crippen LogP) is -2.81. The summed E-state index contributed by atoms with van der Waals surface area (Å²) in [6, 6.07) is 5.31. The molecule has 0 saturated carbocycles. The zero-order valence-electron chi connectivity index (χ0n) is 9.92. The summed E-state index contributed by atoms with van der Waals surface area (Å²) < 4.78 is 29.6. The number of halogens is 1. The maximum atomic E-state index is 10.8. The minimum absolute atomic E-state index is 0. The van der Waals surface area contributed by atoms with Gasteiger partial charge < -0.3 is 12.6 Å². The number of rotatable bonds is 3. The van der Waals surface area contributed by atoms with E-state index < -0.39 is 19.9 Å². The first kappa shape index (κ1) is 19.6. The van der Waals surface area contributed by atoms with Crippen LogP contribution in [-0.2, 0) is 14.9 Å². The maximum Gasteiger partial charge on any atom is 1.00 e. The summed E-state index contributed by atoms with van der Waals surface area (Å²) in [4.78, 5) is 10.6. The molecule has 5 N–H and O–H groups in total. The van der Waals surface area contributed by atoms with Crippen molar-refractivity contribution in [3.05, 3.63) is 29.8 Å². The Hall–Kier alpha value is 0.290. The Morgan fingerprint density at radius 2 is 1.76 bits per heavy atom. The van der Waals surface area contributed by atoms with Gasteiger partial charge in [-0.1, -0.05) is 34.7 Å². The Morgan fingerprint density at radius 3 is 2.06 bits per heavy atom. The predicted molar refractivity (Wildman–Crippen MR) is 66.9 cm³/mol. The van der Waals surface area contributed by atoms with Gasteiger partial charge in [-0.05, 0) is 17.7 Å². The summed E-state index contributed by atoms with van der Waals surface area (Å²) in [5, 5.41) is 0. The van der Waals surface area contributed by atoms with Crippen molar-refractivity contribution < 1.29 is 54.2 Å². The molecule has 0 saturated heterocycles. The molecule has 1 rings (SSSR count). The van der Waals surface area contributed by atoms with E-state index in [1.165, 1.54) is 24.3 Å². The molecular weight excluding hydrogens is 372 g/mol. The van der Waals surface area contributed by atoms with Crippen LogP contribution in [0.5, 0.6) is 0 Å². The van der Waals surface area contributed by atoms with E-state index in [0.717, 1.165) is 0 Å². The normalized spacial score (nSPS) is 11.9. The fraction of sp³-hybridized carbons (Fsp3) is 0.125. The molecule has 1 aromatic carbocycles. The van der Waals surface area contributed by atoms with Crippen LogP contribution in [0.1, 0.15) is 10.9 Å². The zero-order chi connectivity index (χ0) is 11.6. The van der Waals surface area contributed by atoms with Gasteiger partial charge in [0.2, 0.25) is 5.91 Å². The average molecular weight is 383 g/mol. The third-order valence-electron chi connectivity index (χ3n) is 1.72. The van der Waals surface area contributed by atoms with Crippen molar-refractivity contribution in [1.82, 2.24) is 0 Å². The number of primary amides is 1. The number of nitrogens with two attached hydrogens (primary N) is 1. The third-order valence-corrected chi connectivity index (χ3v) is 3.92. The minimum atomic E-state index is -4.18. The molecule has 1 atom stereocenters. The van der Waals surface area contributed by atoms with E-state index in [4.69, 9.17) is 10.3 Å². The smallest absolute Gasteiger partial charge is 1.00 e. The van der Waals surface area contributed by atoms with Gasteiger partial charge in [0.05, 0.1) is 4.90 Å². The summed E-state index contributed by atoms with van der Waals surface area (Å²) in [5.74, 6) is -0.504. The van der Waals surface area contributed by atoms with Gasteiger partial charge in [0.25, 0.3) is 10.1 Å². The van der Waals surface area contributed by atoms with Crippen molar-refractivity contribution in [1.29, 1.82) is 0 Å². The molecule has 1 amide bonds. The number of hydrogen-bond acceptors (Lipinski definition) is 3. The second-order valence-corrected chi connectivity index (χ2v) is 5.48. The van der Waals surface area contributed by atoms with Gasteiger partial charge in [0.15, 0.2) is 0 Å². The number of amides is 1. The van der Waals surface area contributed by atoms with Crippen LogP contribution in [0.15, 0.2) is 29.2 Å². The van der Waals surface area contributed by atoms with Gasteiger partial charge >= 0.3 is 29.6 Å². The molecule has 0 aromatic heterocycles. The molecule has 1 aromatic rings. The van der Waals surface area contributed by atoms with E-state index in [2.05, 4.69) is 0 Å². The summed E-state index contributed by atoms with van der Waals surface area (Å²) >= 11 is 1.84. The third kappa shape index (κ3) is 5.64. The summed E-state index contributed by atoms with van der Waals surface area (Å²) in [6.45, 7) is 0. The molecule has 0 aliphatic heterocycles. The Morgan fingerprint density at radius 1 is 1.35 bits per heavy atom. The summed E-state index contributed by atoms with van der Waals surface area (Å²) in [7, 11) is -4.18. The summed E-state index contributed by atoms with van der Waals surface area (Å²) in [5.41, 5.74) is 5.67. The van der Waals surface area contributed by atoms with Crippen LogP contribution in [0, 0.1) is 0 Å². The molecule has 0 bridgehead atoms. The van der Waals surface area contributed by atoms with Crippen LogP contribution in [0.25, 0.3) is 0 Å². The molecule has 6 nitrogen and oxygen atoms in total. The van der Waals surface area contributed by atoms with E-state index in [1.807, 2.05) is 22.6 Å². The van der Waals surface area contributed by atoms with Crippen molar-refractivity contribution >= 4 is 38.6 Å². The number of alkyl halides is 1. The van der Waals surface area contributed by atoms with E-state index in [1.54, 1.807) is 0 Å². The van der Waals surface area contributed by atoms with Crippen molar-refractivity contribution in [2.75, 3.05) is 0 Å². The molecule has 0 heterocycles. The molecule has 0 aliphatic rings. The summed E-state index contributed by atoms with van der Waals surface area (Å²) in [6.07, 6.45) is 0. The molecule has 92 valence electrons. The van der Waals surface area contributed by atoms with Crippen molar-refractivity contribution in [3.8, 4) is 0 Å². The second kappa shape index (κ2) is 7.67. The Labute approximate surface area is 136 Å². The molecule has 9 heteroatoms. The zero-order valence-corrected chi connectivity index (χ0v) is 13.9. The van der Waals surface area contributed by atoms with E-state index in [9.17, 15) is 13.2 Å². The number of carbonyl (C=O) groups is 1. The van der Waals surface area contributed by atoms with Crippen molar-refractivity contribution in [3.63, 3.8) is 0 Å². The van der Waals surface area contributed by atoms with Crippen LogP contribution in [0.4, 0.5) is 0 Å². The van der Waals surface area contributed by atoms with Crippen molar-refractivity contribution in [2.45, 2.75) is 8.82 Å². The average Bonchev–Trinajstić information content (AvgIpc) is 2.15. The van der Waals surface area contributed by atoms with Gasteiger partial charge in [-0.3, -0.25) is 9.35 Å². The SMILES string of the molecule is NC(=O)C(I)c1ccc(S(=O)(=O)O)cc1.O.[H-].[Na+]. The van der Waals surface area contributed by atoms with E-state index >= 15 is 0 Å². The first-order valence-electron chi connectivity index (χ1n) is 3.83. The van der Waals surface area contributed by atoms with E-state index in [-0.39, 0.29) is 41.4 Å². The number of benzene rings is 1. The quantitative estimate of drug-likeness (QED) is 0.253. The Bertz CT molecular complexity index is 481. The Balaban J connectivity index is -0.000000750. The molecule has 0 aliphatic carbocycles. The van der Waals surface area contributed by atoms with E-state index in [0.29, 0.717) is 5.56 Å². The largest absolute Gasteiger partial charge is 1.00 e. The van der Waals surface area contributed by atoms with Gasteiger partial charge in [-0.25, -0.2) is 0 Å². The van der Waals surface area contributed by atoms with Gasteiger partial charge in [-0.2, -0.15) is 8.42 Å². The second-order valence-electron chi connectivity index (χ2n) is 2.81. The first-order valence-corrected chi connectivity index (χ1v) is 6.52. The molecule has 0 spiro atoms. The Kier molecular flexibility index (Phi) is 8.85. The van der Waals surface area contributed by atoms with Crippen LogP contribution in [0.2, 0.25) is 0 Å².